The molecular formula is C53H98O10. The first-order valence-electron chi connectivity index (χ1n) is 26.4. The number of allylic oxidation sites excluding steroid dienone is 4. The Kier molecular flexibility index (Phi) is 41.4. The van der Waals surface area contributed by atoms with Crippen molar-refractivity contribution in [1.29, 1.82) is 0 Å². The predicted octanol–water partition coefficient (Wildman–Crippen LogP) is 12.5. The van der Waals surface area contributed by atoms with Crippen LogP contribution in [0.3, 0.4) is 0 Å². The van der Waals surface area contributed by atoms with E-state index in [0.717, 1.165) is 38.5 Å². The van der Waals surface area contributed by atoms with Crippen molar-refractivity contribution in [3.8, 4) is 0 Å². The first kappa shape index (κ1) is 59.2. The van der Waals surface area contributed by atoms with Crippen molar-refractivity contribution in [3.63, 3.8) is 0 Å². The molecule has 10 heteroatoms. The van der Waals surface area contributed by atoms with Crippen LogP contribution in [0.1, 0.15) is 245 Å². The van der Waals surface area contributed by atoms with Crippen LogP contribution < -0.4 is 0 Å². The van der Waals surface area contributed by atoms with E-state index in [0.29, 0.717) is 6.42 Å². The monoisotopic (exact) mass is 895 g/mol. The summed E-state index contributed by atoms with van der Waals surface area (Å²) in [5.74, 6) is -0.836. The van der Waals surface area contributed by atoms with Crippen LogP contribution >= 0.6 is 0 Å². The maximum Gasteiger partial charge on any atom is 0.306 e. The fraction of sp³-hybridized carbons (Fsp3) is 0.887. The van der Waals surface area contributed by atoms with E-state index in [1.165, 1.54) is 173 Å². The van der Waals surface area contributed by atoms with Crippen LogP contribution in [0, 0.1) is 0 Å². The lowest BCUT2D eigenvalue weighted by Gasteiger charge is -2.39. The number of aliphatic hydroxyl groups is 4. The fourth-order valence-electron chi connectivity index (χ4n) is 8.12. The zero-order valence-corrected chi connectivity index (χ0v) is 40.6. The van der Waals surface area contributed by atoms with Crippen LogP contribution in [-0.4, -0.2) is 89.0 Å². The summed E-state index contributed by atoms with van der Waals surface area (Å²) < 4.78 is 22.2. The lowest BCUT2D eigenvalue weighted by Crippen LogP contribution is -2.59. The molecule has 10 nitrogen and oxygen atoms in total. The van der Waals surface area contributed by atoms with E-state index in [9.17, 15) is 30.0 Å². The predicted molar refractivity (Wildman–Crippen MR) is 256 cm³/mol. The number of hydrogen-bond acceptors (Lipinski definition) is 10. The van der Waals surface area contributed by atoms with E-state index in [-0.39, 0.29) is 32.0 Å². The molecule has 0 amide bonds. The molecule has 1 aliphatic rings. The number of aliphatic hydroxyl groups excluding tert-OH is 4. The Morgan fingerprint density at radius 1 is 0.476 bits per heavy atom. The minimum absolute atomic E-state index is 0.185. The number of rotatable bonds is 45. The minimum Gasteiger partial charge on any atom is -0.462 e. The van der Waals surface area contributed by atoms with Gasteiger partial charge in [-0.2, -0.15) is 0 Å². The van der Waals surface area contributed by atoms with Crippen LogP contribution in [0.5, 0.6) is 0 Å². The molecule has 0 spiro atoms. The highest BCUT2D eigenvalue weighted by Crippen LogP contribution is 2.23. The topological polar surface area (TPSA) is 152 Å². The molecule has 370 valence electrons. The quantitative estimate of drug-likeness (QED) is 0.0264. The molecule has 1 fully saturated rings. The van der Waals surface area contributed by atoms with E-state index in [2.05, 4.69) is 38.2 Å². The van der Waals surface area contributed by atoms with Crippen LogP contribution in [0.15, 0.2) is 24.3 Å². The molecule has 0 aromatic rings. The van der Waals surface area contributed by atoms with Gasteiger partial charge in [0, 0.05) is 12.8 Å². The molecule has 6 atom stereocenters. The number of unbranched alkanes of at least 4 members (excludes halogenated alkanes) is 30. The average molecular weight is 895 g/mol. The van der Waals surface area contributed by atoms with Gasteiger partial charge in [-0.25, -0.2) is 0 Å². The standard InChI is InChI=1S/C53H98O10/c1-3-5-7-9-11-13-15-17-19-20-21-22-23-24-25-26-28-30-32-34-36-38-40-42-49(56)62-46(45-61-53-52(59)51(58)50(57)47(43-54)63-53)44-60-48(55)41-39-37-35-33-31-29-27-18-16-14-12-10-8-6-4-2/h10,12,34,36,46-47,50-54,57-59H,3-9,11,13-33,35,37-45H2,1-2H3/b12-10+,36-34+/t46-,47-,50+,51?,52?,53-/m1/s1. The van der Waals surface area contributed by atoms with Crippen LogP contribution in [-0.2, 0) is 28.5 Å². The van der Waals surface area contributed by atoms with E-state index >= 15 is 0 Å². The third-order valence-corrected chi connectivity index (χ3v) is 12.3. The number of ether oxygens (including phenoxy) is 4. The molecule has 0 bridgehead atoms. The molecule has 4 N–H and O–H groups in total. The Labute approximate surface area is 385 Å². The van der Waals surface area contributed by atoms with Crippen molar-refractivity contribution >= 4 is 11.9 Å². The van der Waals surface area contributed by atoms with Crippen molar-refractivity contribution in [1.82, 2.24) is 0 Å². The van der Waals surface area contributed by atoms with Gasteiger partial charge in [0.15, 0.2) is 12.4 Å². The Bertz CT molecular complexity index is 1080. The lowest BCUT2D eigenvalue weighted by molar-refractivity contribution is -0.305. The molecule has 0 saturated carbocycles. The Morgan fingerprint density at radius 2 is 0.873 bits per heavy atom. The van der Waals surface area contributed by atoms with Gasteiger partial charge in [-0.1, -0.05) is 205 Å². The highest BCUT2D eigenvalue weighted by atomic mass is 16.7. The lowest BCUT2D eigenvalue weighted by atomic mass is 9.99. The first-order chi connectivity index (χ1) is 30.8. The summed E-state index contributed by atoms with van der Waals surface area (Å²) in [7, 11) is 0. The number of esters is 2. The highest BCUT2D eigenvalue weighted by Gasteiger charge is 2.44. The Morgan fingerprint density at radius 3 is 1.33 bits per heavy atom. The van der Waals surface area contributed by atoms with Gasteiger partial charge in [0.05, 0.1) is 13.2 Å². The molecule has 0 radical (unpaired) electrons. The second-order valence-corrected chi connectivity index (χ2v) is 18.3. The largest absolute Gasteiger partial charge is 0.462 e. The average Bonchev–Trinajstić information content (AvgIpc) is 3.28. The van der Waals surface area contributed by atoms with E-state index in [1.54, 1.807) is 0 Å². The summed E-state index contributed by atoms with van der Waals surface area (Å²) in [6.07, 6.45) is 43.4. The summed E-state index contributed by atoms with van der Waals surface area (Å²) in [4.78, 5) is 25.4. The zero-order chi connectivity index (χ0) is 45.9. The minimum atomic E-state index is -1.60. The van der Waals surface area contributed by atoms with Crippen molar-refractivity contribution in [2.24, 2.45) is 0 Å². The summed E-state index contributed by atoms with van der Waals surface area (Å²) in [5.41, 5.74) is 0. The van der Waals surface area contributed by atoms with Crippen LogP contribution in [0.4, 0.5) is 0 Å². The maximum absolute atomic E-state index is 12.8. The second kappa shape index (κ2) is 44.0. The van der Waals surface area contributed by atoms with Crippen LogP contribution in [0.2, 0.25) is 0 Å². The van der Waals surface area contributed by atoms with Gasteiger partial charge in [0.25, 0.3) is 0 Å². The van der Waals surface area contributed by atoms with Crippen molar-refractivity contribution < 1.29 is 49.0 Å². The van der Waals surface area contributed by atoms with Gasteiger partial charge in [-0.05, 0) is 51.4 Å². The maximum atomic E-state index is 12.8. The summed E-state index contributed by atoms with van der Waals surface area (Å²) in [5, 5.41) is 40.2. The number of hydrogen-bond donors (Lipinski definition) is 4. The van der Waals surface area contributed by atoms with Crippen LogP contribution in [0.25, 0.3) is 0 Å². The molecule has 1 aliphatic heterocycles. The van der Waals surface area contributed by atoms with Crippen molar-refractivity contribution in [2.45, 2.75) is 282 Å². The van der Waals surface area contributed by atoms with Crippen molar-refractivity contribution in [2.75, 3.05) is 19.8 Å². The summed E-state index contributed by atoms with van der Waals surface area (Å²) in [6.45, 7) is 3.41. The Balaban J connectivity index is 2.24. The number of carbonyl (C=O) groups excluding carboxylic acids is 2. The van der Waals surface area contributed by atoms with Gasteiger partial charge in [-0.3, -0.25) is 9.59 Å². The molecule has 0 aromatic heterocycles. The molecular weight excluding hydrogens is 797 g/mol. The highest BCUT2D eigenvalue weighted by molar-refractivity contribution is 5.70. The molecule has 0 aliphatic carbocycles. The zero-order valence-electron chi connectivity index (χ0n) is 40.6. The fourth-order valence-corrected chi connectivity index (χ4v) is 8.12. The normalized spacial score (nSPS) is 19.6. The van der Waals surface area contributed by atoms with E-state index in [1.807, 2.05) is 0 Å². The third kappa shape index (κ3) is 35.1. The molecule has 2 unspecified atom stereocenters. The van der Waals surface area contributed by atoms with Gasteiger partial charge < -0.3 is 39.4 Å². The van der Waals surface area contributed by atoms with Crippen molar-refractivity contribution in [3.05, 3.63) is 24.3 Å². The second-order valence-electron chi connectivity index (χ2n) is 18.3. The van der Waals surface area contributed by atoms with Gasteiger partial charge in [-0.15, -0.1) is 0 Å². The Hall–Kier alpha value is -1.82. The molecule has 1 saturated heterocycles. The molecule has 63 heavy (non-hydrogen) atoms. The van der Waals surface area contributed by atoms with E-state index < -0.39 is 49.4 Å². The van der Waals surface area contributed by atoms with Gasteiger partial charge >= 0.3 is 11.9 Å². The molecule has 1 rings (SSSR count). The SMILES string of the molecule is CCCC/C=C/CCCCCCCCCCCC(=O)OC[C@H](CO[C@@H]1O[C@H](CO)[C@H](O)C(O)C1O)OC(=O)CCC/C=C/CCCCCCCCCCCCCCCCCCCC. The molecule has 0 aromatic carbocycles. The summed E-state index contributed by atoms with van der Waals surface area (Å²) in [6, 6.07) is 0. The first-order valence-corrected chi connectivity index (χ1v) is 26.4. The third-order valence-electron chi connectivity index (χ3n) is 12.3. The smallest absolute Gasteiger partial charge is 0.306 e. The van der Waals surface area contributed by atoms with Gasteiger partial charge in [0.2, 0.25) is 0 Å². The number of carbonyl (C=O) groups is 2. The molecule has 1 heterocycles. The van der Waals surface area contributed by atoms with E-state index in [4.69, 9.17) is 18.9 Å². The summed E-state index contributed by atoms with van der Waals surface area (Å²) >= 11 is 0. The van der Waals surface area contributed by atoms with Gasteiger partial charge in [0.1, 0.15) is 31.0 Å².